The fourth-order valence-electron chi connectivity index (χ4n) is 2.96. The molecule has 0 aromatic carbocycles. The van der Waals surface area contributed by atoms with Gasteiger partial charge >= 0.3 is 0 Å². The monoisotopic (exact) mass is 323 g/mol. The predicted molar refractivity (Wildman–Crippen MR) is 89.3 cm³/mol. The van der Waals surface area contributed by atoms with Crippen LogP contribution in [-0.2, 0) is 0 Å². The molecule has 128 valence electrons. The van der Waals surface area contributed by atoms with Gasteiger partial charge < -0.3 is 16.4 Å². The third kappa shape index (κ3) is 4.09. The van der Waals surface area contributed by atoms with Crippen LogP contribution in [0.2, 0.25) is 0 Å². The Balaban J connectivity index is 2.00. The lowest BCUT2D eigenvalue weighted by atomic mass is 9.70. The SMILES string of the molecule is CCC1(F)CCC(C)(CNc2ncc(C(N)=O)c(NC)n2)CC1. The second-order valence-electron chi connectivity index (χ2n) is 6.74. The number of amides is 1. The number of carbonyl (C=O) groups is 1. The van der Waals surface area contributed by atoms with E-state index in [9.17, 15) is 9.18 Å². The van der Waals surface area contributed by atoms with Gasteiger partial charge in [0.25, 0.3) is 5.91 Å². The highest BCUT2D eigenvalue weighted by atomic mass is 19.1. The molecule has 1 fully saturated rings. The van der Waals surface area contributed by atoms with Gasteiger partial charge in [0.2, 0.25) is 5.95 Å². The first-order chi connectivity index (χ1) is 10.8. The van der Waals surface area contributed by atoms with Crippen molar-refractivity contribution in [3.63, 3.8) is 0 Å². The molecular formula is C16H26FN5O. The number of nitrogens with two attached hydrogens (primary N) is 1. The number of aromatic nitrogens is 2. The van der Waals surface area contributed by atoms with Gasteiger partial charge in [-0.1, -0.05) is 13.8 Å². The summed E-state index contributed by atoms with van der Waals surface area (Å²) in [5, 5.41) is 6.05. The normalized spacial score (nSPS) is 27.5. The van der Waals surface area contributed by atoms with Crippen LogP contribution in [0.25, 0.3) is 0 Å². The summed E-state index contributed by atoms with van der Waals surface area (Å²) in [6.45, 7) is 4.74. The molecule has 2 rings (SSSR count). The minimum Gasteiger partial charge on any atom is -0.372 e. The van der Waals surface area contributed by atoms with Gasteiger partial charge in [-0.25, -0.2) is 9.37 Å². The molecule has 7 heteroatoms. The Hall–Kier alpha value is -1.92. The summed E-state index contributed by atoms with van der Waals surface area (Å²) in [5.41, 5.74) is 4.55. The van der Waals surface area contributed by atoms with Gasteiger partial charge in [0, 0.05) is 19.8 Å². The fourth-order valence-corrected chi connectivity index (χ4v) is 2.96. The van der Waals surface area contributed by atoms with Crippen LogP contribution in [0.3, 0.4) is 0 Å². The number of rotatable bonds is 6. The van der Waals surface area contributed by atoms with E-state index < -0.39 is 11.6 Å². The third-order valence-electron chi connectivity index (χ3n) is 4.95. The Kier molecular flexibility index (Phi) is 5.06. The van der Waals surface area contributed by atoms with E-state index in [-0.39, 0.29) is 11.0 Å². The molecule has 1 aromatic rings. The van der Waals surface area contributed by atoms with E-state index in [1.54, 1.807) is 7.05 Å². The van der Waals surface area contributed by atoms with E-state index in [0.29, 0.717) is 37.6 Å². The number of hydrogen-bond acceptors (Lipinski definition) is 5. The number of carbonyl (C=O) groups excluding carboxylic acids is 1. The number of alkyl halides is 1. The second-order valence-corrected chi connectivity index (χ2v) is 6.74. The maximum atomic E-state index is 14.3. The Morgan fingerprint density at radius 1 is 1.39 bits per heavy atom. The molecule has 0 spiro atoms. The van der Waals surface area contributed by atoms with Crippen molar-refractivity contribution >= 4 is 17.7 Å². The zero-order valence-electron chi connectivity index (χ0n) is 14.1. The van der Waals surface area contributed by atoms with Crippen LogP contribution in [0.1, 0.15) is 56.3 Å². The largest absolute Gasteiger partial charge is 0.372 e. The molecule has 0 bridgehead atoms. The van der Waals surface area contributed by atoms with Crippen LogP contribution >= 0.6 is 0 Å². The number of hydrogen-bond donors (Lipinski definition) is 3. The van der Waals surface area contributed by atoms with Crippen molar-refractivity contribution in [1.82, 2.24) is 9.97 Å². The van der Waals surface area contributed by atoms with Crippen molar-refractivity contribution in [3.8, 4) is 0 Å². The van der Waals surface area contributed by atoms with Crippen molar-refractivity contribution in [2.75, 3.05) is 24.2 Å². The number of nitrogens with one attached hydrogen (secondary N) is 2. The predicted octanol–water partition coefficient (Wildman–Crippen LogP) is 2.73. The molecule has 1 amide bonds. The molecule has 1 aromatic heterocycles. The molecule has 1 aliphatic carbocycles. The molecule has 1 aliphatic rings. The lowest BCUT2D eigenvalue weighted by Gasteiger charge is -2.40. The summed E-state index contributed by atoms with van der Waals surface area (Å²) >= 11 is 0. The average Bonchev–Trinajstić information content (AvgIpc) is 2.56. The molecule has 6 nitrogen and oxygen atoms in total. The minimum absolute atomic E-state index is 0.0241. The number of primary amides is 1. The highest BCUT2D eigenvalue weighted by Gasteiger charge is 2.39. The topological polar surface area (TPSA) is 92.9 Å². The van der Waals surface area contributed by atoms with Crippen molar-refractivity contribution in [1.29, 1.82) is 0 Å². The lowest BCUT2D eigenvalue weighted by molar-refractivity contribution is 0.0487. The quantitative estimate of drug-likeness (QED) is 0.748. The standard InChI is InChI=1S/C16H26FN5O/c1-4-16(17)7-5-15(2,6-8-16)10-21-14-20-9-11(12(18)23)13(19-3)22-14/h9H,4-8,10H2,1-3H3,(H2,18,23)(H2,19,20,21,22). The summed E-state index contributed by atoms with van der Waals surface area (Å²) in [6, 6.07) is 0. The van der Waals surface area contributed by atoms with Crippen molar-refractivity contribution < 1.29 is 9.18 Å². The Labute approximate surface area is 136 Å². The molecular weight excluding hydrogens is 297 g/mol. The summed E-state index contributed by atoms with van der Waals surface area (Å²) in [4.78, 5) is 19.7. The maximum absolute atomic E-state index is 14.3. The van der Waals surface area contributed by atoms with Crippen LogP contribution in [0.15, 0.2) is 6.20 Å². The van der Waals surface area contributed by atoms with E-state index in [1.807, 2.05) is 6.92 Å². The van der Waals surface area contributed by atoms with Crippen molar-refractivity contribution in [2.24, 2.45) is 11.1 Å². The molecule has 0 aliphatic heterocycles. The van der Waals surface area contributed by atoms with E-state index in [2.05, 4.69) is 27.5 Å². The Morgan fingerprint density at radius 3 is 2.57 bits per heavy atom. The van der Waals surface area contributed by atoms with Crippen LogP contribution in [-0.4, -0.2) is 35.1 Å². The van der Waals surface area contributed by atoms with Gasteiger partial charge in [-0.15, -0.1) is 0 Å². The number of nitrogens with zero attached hydrogens (tertiary/aromatic N) is 2. The summed E-state index contributed by atoms with van der Waals surface area (Å²) in [5.74, 6) is 0.268. The molecule has 0 radical (unpaired) electrons. The maximum Gasteiger partial charge on any atom is 0.254 e. The van der Waals surface area contributed by atoms with Crippen LogP contribution in [0, 0.1) is 5.41 Å². The summed E-state index contributed by atoms with van der Waals surface area (Å²) < 4.78 is 14.3. The van der Waals surface area contributed by atoms with Gasteiger partial charge in [-0.05, 0) is 37.5 Å². The molecule has 0 saturated heterocycles. The molecule has 1 saturated carbocycles. The van der Waals surface area contributed by atoms with Gasteiger partial charge in [0.1, 0.15) is 11.5 Å². The van der Waals surface area contributed by atoms with Gasteiger partial charge in [-0.2, -0.15) is 4.98 Å². The van der Waals surface area contributed by atoms with Crippen LogP contribution in [0.5, 0.6) is 0 Å². The van der Waals surface area contributed by atoms with Crippen LogP contribution in [0.4, 0.5) is 16.2 Å². The second kappa shape index (κ2) is 6.68. The first kappa shape index (κ1) is 17.4. The lowest BCUT2D eigenvalue weighted by Crippen LogP contribution is -2.38. The smallest absolute Gasteiger partial charge is 0.254 e. The van der Waals surface area contributed by atoms with Gasteiger partial charge in [-0.3, -0.25) is 4.79 Å². The fraction of sp³-hybridized carbons (Fsp3) is 0.688. The molecule has 0 atom stereocenters. The van der Waals surface area contributed by atoms with Gasteiger partial charge in [0.15, 0.2) is 0 Å². The highest BCUT2D eigenvalue weighted by molar-refractivity contribution is 5.97. The minimum atomic E-state index is -1.00. The molecule has 0 unspecified atom stereocenters. The Bertz CT molecular complexity index is 570. The highest BCUT2D eigenvalue weighted by Crippen LogP contribution is 2.44. The average molecular weight is 323 g/mol. The van der Waals surface area contributed by atoms with E-state index in [0.717, 1.165) is 12.8 Å². The summed E-state index contributed by atoms with van der Waals surface area (Å²) in [7, 11) is 1.67. The zero-order chi connectivity index (χ0) is 17.1. The van der Waals surface area contributed by atoms with Crippen molar-refractivity contribution in [2.45, 2.75) is 51.6 Å². The van der Waals surface area contributed by atoms with E-state index >= 15 is 0 Å². The molecule has 23 heavy (non-hydrogen) atoms. The van der Waals surface area contributed by atoms with E-state index in [4.69, 9.17) is 5.73 Å². The first-order valence-electron chi connectivity index (χ1n) is 8.08. The van der Waals surface area contributed by atoms with Gasteiger partial charge in [0.05, 0.1) is 5.56 Å². The van der Waals surface area contributed by atoms with E-state index in [1.165, 1.54) is 6.20 Å². The number of anilines is 2. The first-order valence-corrected chi connectivity index (χ1v) is 8.08. The molecule has 4 N–H and O–H groups in total. The molecule has 1 heterocycles. The van der Waals surface area contributed by atoms with Crippen LogP contribution < -0.4 is 16.4 Å². The van der Waals surface area contributed by atoms with Crippen molar-refractivity contribution in [3.05, 3.63) is 11.8 Å². The zero-order valence-corrected chi connectivity index (χ0v) is 14.1. The Morgan fingerprint density at radius 2 is 2.04 bits per heavy atom. The summed E-state index contributed by atoms with van der Waals surface area (Å²) in [6.07, 6.45) is 4.87. The third-order valence-corrected chi connectivity index (χ3v) is 4.95. The number of halogens is 1.